The second-order valence-electron chi connectivity index (χ2n) is 6.18. The average Bonchev–Trinajstić information content (AvgIpc) is 3.21. The van der Waals surface area contributed by atoms with Crippen molar-refractivity contribution in [2.75, 3.05) is 0 Å². The molecule has 1 heterocycles. The Labute approximate surface area is 97.3 Å². The highest BCUT2D eigenvalue weighted by Crippen LogP contribution is 2.55. The molecule has 0 aromatic rings. The van der Waals surface area contributed by atoms with Crippen molar-refractivity contribution in [3.8, 4) is 0 Å². The summed E-state index contributed by atoms with van der Waals surface area (Å²) in [6.07, 6.45) is 15.0. The van der Waals surface area contributed by atoms with Gasteiger partial charge in [-0.3, -0.25) is 0 Å². The highest BCUT2D eigenvalue weighted by atomic mass is 14.9. The summed E-state index contributed by atoms with van der Waals surface area (Å²) in [5.41, 5.74) is 3.73. The molecule has 0 aromatic carbocycles. The first-order chi connectivity index (χ1) is 7.78. The van der Waals surface area contributed by atoms with Gasteiger partial charge in [-0.1, -0.05) is 19.1 Å². The van der Waals surface area contributed by atoms with Crippen LogP contribution in [-0.4, -0.2) is 6.04 Å². The maximum atomic E-state index is 3.58. The molecule has 2 fully saturated rings. The minimum absolute atomic E-state index is 0.509. The maximum Gasteiger partial charge on any atom is 0.0576 e. The van der Waals surface area contributed by atoms with Crippen LogP contribution in [0, 0.1) is 17.3 Å². The van der Waals surface area contributed by atoms with Crippen LogP contribution in [0.1, 0.15) is 32.6 Å². The lowest BCUT2D eigenvalue weighted by atomic mass is 9.85. The third-order valence-electron chi connectivity index (χ3n) is 4.87. The zero-order chi connectivity index (χ0) is 10.8. The molecular weight excluding hydrogens is 194 g/mol. The van der Waals surface area contributed by atoms with E-state index in [4.69, 9.17) is 0 Å². The lowest BCUT2D eigenvalue weighted by molar-refractivity contribution is 0.464. The SMILES string of the molecule is CC1(C2=C3C=CC(C4CC4)C3NC=C2)CC1. The van der Waals surface area contributed by atoms with Crippen LogP contribution in [0.25, 0.3) is 0 Å². The van der Waals surface area contributed by atoms with E-state index in [0.717, 1.165) is 11.8 Å². The van der Waals surface area contributed by atoms with Gasteiger partial charge in [-0.15, -0.1) is 0 Å². The number of fused-ring (bicyclic) bond motifs is 1. The van der Waals surface area contributed by atoms with E-state index >= 15 is 0 Å². The molecule has 0 aromatic heterocycles. The van der Waals surface area contributed by atoms with Crippen LogP contribution in [0.3, 0.4) is 0 Å². The van der Waals surface area contributed by atoms with Gasteiger partial charge in [-0.25, -0.2) is 0 Å². The number of rotatable bonds is 2. The number of dihydropyridines is 1. The summed E-state index contributed by atoms with van der Waals surface area (Å²) in [5.74, 6) is 1.74. The van der Waals surface area contributed by atoms with E-state index in [9.17, 15) is 0 Å². The Balaban J connectivity index is 1.73. The second kappa shape index (κ2) is 2.82. The fourth-order valence-corrected chi connectivity index (χ4v) is 3.34. The van der Waals surface area contributed by atoms with E-state index in [1.807, 2.05) is 0 Å². The van der Waals surface area contributed by atoms with Crippen LogP contribution in [-0.2, 0) is 0 Å². The van der Waals surface area contributed by atoms with E-state index in [0.29, 0.717) is 11.5 Å². The fourth-order valence-electron chi connectivity index (χ4n) is 3.34. The molecule has 0 radical (unpaired) electrons. The number of nitrogens with one attached hydrogen (secondary N) is 1. The number of allylic oxidation sites excluding steroid dienone is 2. The van der Waals surface area contributed by atoms with Crippen molar-refractivity contribution in [1.29, 1.82) is 0 Å². The maximum absolute atomic E-state index is 3.58. The number of hydrogen-bond acceptors (Lipinski definition) is 1. The molecule has 2 saturated carbocycles. The van der Waals surface area contributed by atoms with E-state index in [-0.39, 0.29) is 0 Å². The molecule has 4 rings (SSSR count). The molecular formula is C15H19N. The van der Waals surface area contributed by atoms with E-state index < -0.39 is 0 Å². The van der Waals surface area contributed by atoms with Crippen LogP contribution >= 0.6 is 0 Å². The van der Waals surface area contributed by atoms with E-state index in [1.165, 1.54) is 25.7 Å². The van der Waals surface area contributed by atoms with Gasteiger partial charge in [0.15, 0.2) is 0 Å². The number of hydrogen-bond donors (Lipinski definition) is 1. The van der Waals surface area contributed by atoms with Crippen LogP contribution in [0.4, 0.5) is 0 Å². The lowest BCUT2D eigenvalue weighted by Crippen LogP contribution is -2.34. The predicted molar refractivity (Wildman–Crippen MR) is 65.8 cm³/mol. The van der Waals surface area contributed by atoms with Gasteiger partial charge >= 0.3 is 0 Å². The van der Waals surface area contributed by atoms with Crippen LogP contribution < -0.4 is 5.32 Å². The standard InChI is InChI=1S/C15H19N/c1-15(7-8-15)13-6-9-16-14-11(10-2-3-10)4-5-12(13)14/h4-6,9-11,14,16H,2-3,7-8H2,1H3. The van der Waals surface area contributed by atoms with Crippen molar-refractivity contribution >= 4 is 0 Å². The summed E-state index contributed by atoms with van der Waals surface area (Å²) in [6, 6.07) is 0.602. The summed E-state index contributed by atoms with van der Waals surface area (Å²) in [6.45, 7) is 2.42. The highest BCUT2D eigenvalue weighted by Gasteiger charge is 2.46. The summed E-state index contributed by atoms with van der Waals surface area (Å²) in [4.78, 5) is 0. The molecule has 4 aliphatic rings. The molecule has 1 N–H and O–H groups in total. The first kappa shape index (κ1) is 9.09. The van der Waals surface area contributed by atoms with E-state index in [2.05, 4.69) is 36.7 Å². The summed E-state index contributed by atoms with van der Waals surface area (Å²) in [7, 11) is 0. The first-order valence-corrected chi connectivity index (χ1v) is 6.63. The summed E-state index contributed by atoms with van der Waals surface area (Å²) < 4.78 is 0. The molecule has 84 valence electrons. The topological polar surface area (TPSA) is 12.0 Å². The smallest absolute Gasteiger partial charge is 0.0576 e. The zero-order valence-electron chi connectivity index (χ0n) is 9.87. The Hall–Kier alpha value is -0.980. The van der Waals surface area contributed by atoms with Crippen molar-refractivity contribution in [3.05, 3.63) is 35.6 Å². The van der Waals surface area contributed by atoms with E-state index in [1.54, 1.807) is 11.1 Å². The second-order valence-corrected chi connectivity index (χ2v) is 6.18. The van der Waals surface area contributed by atoms with Gasteiger partial charge in [0.05, 0.1) is 6.04 Å². The molecule has 0 amide bonds. The van der Waals surface area contributed by atoms with Gasteiger partial charge < -0.3 is 5.32 Å². The predicted octanol–water partition coefficient (Wildman–Crippen LogP) is 3.16. The quantitative estimate of drug-likeness (QED) is 0.743. The minimum Gasteiger partial charge on any atom is -0.383 e. The lowest BCUT2D eigenvalue weighted by Gasteiger charge is -2.28. The van der Waals surface area contributed by atoms with Crippen LogP contribution in [0.5, 0.6) is 0 Å². The Morgan fingerprint density at radius 1 is 1.25 bits per heavy atom. The van der Waals surface area contributed by atoms with Crippen molar-refractivity contribution < 1.29 is 0 Å². The zero-order valence-corrected chi connectivity index (χ0v) is 9.87. The third kappa shape index (κ3) is 1.17. The third-order valence-corrected chi connectivity index (χ3v) is 4.87. The molecule has 0 saturated heterocycles. The van der Waals surface area contributed by atoms with Gasteiger partial charge in [-0.05, 0) is 60.4 Å². The average molecular weight is 213 g/mol. The van der Waals surface area contributed by atoms with Crippen LogP contribution in [0.2, 0.25) is 0 Å². The summed E-state index contributed by atoms with van der Waals surface area (Å²) >= 11 is 0. The molecule has 0 spiro atoms. The Bertz CT molecular complexity index is 419. The van der Waals surface area contributed by atoms with Gasteiger partial charge in [0, 0.05) is 5.92 Å². The molecule has 2 unspecified atom stereocenters. The molecule has 1 aliphatic heterocycles. The van der Waals surface area contributed by atoms with Crippen molar-refractivity contribution in [3.63, 3.8) is 0 Å². The Kier molecular flexibility index (Phi) is 1.60. The largest absolute Gasteiger partial charge is 0.383 e. The normalized spacial score (nSPS) is 38.6. The fraction of sp³-hybridized carbons (Fsp3) is 0.600. The van der Waals surface area contributed by atoms with Gasteiger partial charge in [0.25, 0.3) is 0 Å². The minimum atomic E-state index is 0.509. The Morgan fingerprint density at radius 3 is 2.75 bits per heavy atom. The van der Waals surface area contributed by atoms with Crippen molar-refractivity contribution in [2.24, 2.45) is 17.3 Å². The Morgan fingerprint density at radius 2 is 2.06 bits per heavy atom. The summed E-state index contributed by atoms with van der Waals surface area (Å²) in [5, 5.41) is 3.58. The molecule has 1 nitrogen and oxygen atoms in total. The molecule has 16 heavy (non-hydrogen) atoms. The van der Waals surface area contributed by atoms with Crippen molar-refractivity contribution in [2.45, 2.75) is 38.6 Å². The molecule has 3 aliphatic carbocycles. The van der Waals surface area contributed by atoms with Gasteiger partial charge in [0.2, 0.25) is 0 Å². The first-order valence-electron chi connectivity index (χ1n) is 6.63. The van der Waals surface area contributed by atoms with Gasteiger partial charge in [-0.2, -0.15) is 0 Å². The van der Waals surface area contributed by atoms with Crippen LogP contribution in [0.15, 0.2) is 35.6 Å². The highest BCUT2D eigenvalue weighted by molar-refractivity contribution is 5.49. The monoisotopic (exact) mass is 213 g/mol. The van der Waals surface area contributed by atoms with Crippen molar-refractivity contribution in [1.82, 2.24) is 5.32 Å². The molecule has 0 bridgehead atoms. The molecule has 1 heteroatoms. The van der Waals surface area contributed by atoms with Gasteiger partial charge in [0.1, 0.15) is 0 Å². The molecule has 2 atom stereocenters.